The maximum atomic E-state index is 12.0. The Bertz CT molecular complexity index is 541. The highest BCUT2D eigenvalue weighted by Gasteiger charge is 2.28. The molecule has 100 valence electrons. The van der Waals surface area contributed by atoms with Crippen LogP contribution in [0.2, 0.25) is 5.02 Å². The number of aliphatic hydroxyl groups excluding tert-OH is 1. The average molecular weight is 291 g/mol. The lowest BCUT2D eigenvalue weighted by molar-refractivity contribution is 0.0453. The number of benzene rings is 1. The van der Waals surface area contributed by atoms with Gasteiger partial charge in [0.1, 0.15) is 4.90 Å². The van der Waals surface area contributed by atoms with E-state index in [1.165, 1.54) is 18.2 Å². The van der Waals surface area contributed by atoms with Gasteiger partial charge in [-0.15, -0.1) is 0 Å². The Labute approximate surface area is 111 Å². The summed E-state index contributed by atoms with van der Waals surface area (Å²) in [5.74, 6) is 0.190. The van der Waals surface area contributed by atoms with E-state index < -0.39 is 10.0 Å². The van der Waals surface area contributed by atoms with Crippen molar-refractivity contribution in [1.82, 2.24) is 4.72 Å². The molecule has 1 aliphatic carbocycles. The van der Waals surface area contributed by atoms with E-state index in [1.54, 1.807) is 0 Å². The van der Waals surface area contributed by atoms with Crippen molar-refractivity contribution in [3.8, 4) is 0 Å². The fraction of sp³-hybridized carbons (Fsp3) is 0.455. The largest absolute Gasteiger partial charge is 0.398 e. The van der Waals surface area contributed by atoms with E-state index in [4.69, 9.17) is 22.4 Å². The topological polar surface area (TPSA) is 92.4 Å². The molecule has 0 aliphatic heterocycles. The first-order valence-electron chi connectivity index (χ1n) is 5.61. The van der Waals surface area contributed by atoms with Crippen molar-refractivity contribution in [3.05, 3.63) is 23.2 Å². The van der Waals surface area contributed by atoms with Crippen molar-refractivity contribution in [2.24, 2.45) is 5.92 Å². The first kappa shape index (κ1) is 13.6. The summed E-state index contributed by atoms with van der Waals surface area (Å²) in [6.07, 6.45) is 0.969. The number of hydrogen-bond acceptors (Lipinski definition) is 4. The third kappa shape index (κ3) is 2.95. The molecule has 0 spiro atoms. The molecule has 0 amide bonds. The molecule has 1 fully saturated rings. The van der Waals surface area contributed by atoms with Gasteiger partial charge in [-0.25, -0.2) is 13.1 Å². The number of nitrogens with one attached hydrogen (secondary N) is 1. The number of hydrogen-bond donors (Lipinski definition) is 3. The molecule has 0 bridgehead atoms. The van der Waals surface area contributed by atoms with E-state index in [-0.39, 0.29) is 22.6 Å². The summed E-state index contributed by atoms with van der Waals surface area (Å²) in [7, 11) is -3.64. The highest BCUT2D eigenvalue weighted by molar-refractivity contribution is 7.89. The third-order valence-corrected chi connectivity index (χ3v) is 4.75. The Morgan fingerprint density at radius 3 is 2.72 bits per heavy atom. The fourth-order valence-corrected chi connectivity index (χ4v) is 3.42. The molecule has 1 aliphatic rings. The molecule has 0 unspecified atom stereocenters. The Morgan fingerprint density at radius 1 is 1.44 bits per heavy atom. The van der Waals surface area contributed by atoms with E-state index in [0.29, 0.717) is 24.4 Å². The first-order chi connectivity index (χ1) is 8.38. The highest BCUT2D eigenvalue weighted by atomic mass is 35.5. The van der Waals surface area contributed by atoms with Crippen LogP contribution in [-0.2, 0) is 10.0 Å². The van der Waals surface area contributed by atoms with Gasteiger partial charge in [-0.2, -0.15) is 0 Å². The van der Waals surface area contributed by atoms with Gasteiger partial charge >= 0.3 is 0 Å². The molecule has 0 heterocycles. The minimum Gasteiger partial charge on any atom is -0.398 e. The summed E-state index contributed by atoms with van der Waals surface area (Å²) in [5.41, 5.74) is 5.80. The molecule has 1 saturated carbocycles. The number of anilines is 1. The van der Waals surface area contributed by atoms with Gasteiger partial charge in [0.2, 0.25) is 10.0 Å². The molecule has 2 rings (SSSR count). The number of rotatable bonds is 4. The minimum absolute atomic E-state index is 0.00475. The smallest absolute Gasteiger partial charge is 0.242 e. The van der Waals surface area contributed by atoms with Crippen LogP contribution < -0.4 is 10.5 Å². The van der Waals surface area contributed by atoms with Gasteiger partial charge in [-0.1, -0.05) is 11.6 Å². The van der Waals surface area contributed by atoms with Crippen LogP contribution in [0.1, 0.15) is 12.8 Å². The number of halogens is 1. The second kappa shape index (κ2) is 5.05. The second-order valence-electron chi connectivity index (χ2n) is 4.53. The molecule has 4 N–H and O–H groups in total. The average Bonchev–Trinajstić information content (AvgIpc) is 2.26. The summed E-state index contributed by atoms with van der Waals surface area (Å²) >= 11 is 5.76. The number of nitrogen functional groups attached to an aromatic ring is 1. The van der Waals surface area contributed by atoms with E-state index in [9.17, 15) is 8.42 Å². The Balaban J connectivity index is 2.08. The van der Waals surface area contributed by atoms with Gasteiger partial charge in [-0.3, -0.25) is 0 Å². The molecular formula is C11H15ClN2O3S. The fourth-order valence-electron chi connectivity index (χ4n) is 1.91. The van der Waals surface area contributed by atoms with Crippen molar-refractivity contribution in [3.63, 3.8) is 0 Å². The molecule has 7 heteroatoms. The Morgan fingerprint density at radius 2 is 2.11 bits per heavy atom. The van der Waals surface area contributed by atoms with Crippen LogP contribution in [-0.4, -0.2) is 26.2 Å². The van der Waals surface area contributed by atoms with Crippen LogP contribution in [0, 0.1) is 5.92 Å². The summed E-state index contributed by atoms with van der Waals surface area (Å²) in [6, 6.07) is 4.33. The van der Waals surface area contributed by atoms with Crippen molar-refractivity contribution >= 4 is 27.3 Å². The van der Waals surface area contributed by atoms with Crippen LogP contribution in [0.5, 0.6) is 0 Å². The molecule has 0 atom stereocenters. The Kier molecular flexibility index (Phi) is 3.82. The van der Waals surface area contributed by atoms with Crippen LogP contribution in [0.3, 0.4) is 0 Å². The van der Waals surface area contributed by atoms with Gasteiger partial charge in [0.05, 0.1) is 11.8 Å². The monoisotopic (exact) mass is 290 g/mol. The highest BCUT2D eigenvalue weighted by Crippen LogP contribution is 2.27. The molecule has 0 saturated heterocycles. The zero-order valence-corrected chi connectivity index (χ0v) is 11.2. The molecule has 1 aromatic rings. The standard InChI is InChI=1S/C11H15ClN2O3S/c12-8-1-2-10(13)11(5-8)18(16,17)14-6-7-3-9(15)4-7/h1-2,5,7,9,14-15H,3-4,6,13H2. The SMILES string of the molecule is Nc1ccc(Cl)cc1S(=O)(=O)NCC1CC(O)C1. The normalized spacial score (nSPS) is 23.7. The maximum absolute atomic E-state index is 12.0. The van der Waals surface area contributed by atoms with E-state index in [2.05, 4.69) is 4.72 Å². The predicted molar refractivity (Wildman–Crippen MR) is 69.8 cm³/mol. The number of nitrogens with two attached hydrogens (primary N) is 1. The number of sulfonamides is 1. The van der Waals surface area contributed by atoms with Crippen molar-refractivity contribution in [1.29, 1.82) is 0 Å². The lowest BCUT2D eigenvalue weighted by atomic mass is 9.83. The van der Waals surface area contributed by atoms with Crippen molar-refractivity contribution in [2.75, 3.05) is 12.3 Å². The zero-order valence-electron chi connectivity index (χ0n) is 9.64. The van der Waals surface area contributed by atoms with E-state index in [1.807, 2.05) is 0 Å². The molecule has 18 heavy (non-hydrogen) atoms. The van der Waals surface area contributed by atoms with Crippen LogP contribution >= 0.6 is 11.6 Å². The summed E-state index contributed by atoms with van der Waals surface area (Å²) < 4.78 is 26.5. The number of aliphatic hydroxyl groups is 1. The van der Waals surface area contributed by atoms with Gasteiger partial charge in [0.25, 0.3) is 0 Å². The van der Waals surface area contributed by atoms with E-state index >= 15 is 0 Å². The molecule has 0 aromatic heterocycles. The lowest BCUT2D eigenvalue weighted by Gasteiger charge is -2.31. The summed E-state index contributed by atoms with van der Waals surface area (Å²) in [4.78, 5) is -0.00475. The molecule has 0 radical (unpaired) electrons. The van der Waals surface area contributed by atoms with Gasteiger partial charge < -0.3 is 10.8 Å². The Hall–Kier alpha value is -0.820. The van der Waals surface area contributed by atoms with E-state index in [0.717, 1.165) is 0 Å². The molecule has 5 nitrogen and oxygen atoms in total. The first-order valence-corrected chi connectivity index (χ1v) is 7.47. The maximum Gasteiger partial charge on any atom is 0.242 e. The van der Waals surface area contributed by atoms with Gasteiger partial charge in [0, 0.05) is 11.6 Å². The summed E-state index contributed by atoms with van der Waals surface area (Å²) in [5, 5.41) is 9.45. The predicted octanol–water partition coefficient (Wildman–Crippen LogP) is 0.971. The quantitative estimate of drug-likeness (QED) is 0.721. The minimum atomic E-state index is -3.64. The second-order valence-corrected chi connectivity index (χ2v) is 6.70. The van der Waals surface area contributed by atoms with Gasteiger partial charge in [-0.05, 0) is 37.0 Å². The molecule has 1 aromatic carbocycles. The van der Waals surface area contributed by atoms with Crippen LogP contribution in [0.15, 0.2) is 23.1 Å². The van der Waals surface area contributed by atoms with Crippen LogP contribution in [0.4, 0.5) is 5.69 Å². The molecular weight excluding hydrogens is 276 g/mol. The van der Waals surface area contributed by atoms with Crippen molar-refractivity contribution in [2.45, 2.75) is 23.8 Å². The lowest BCUT2D eigenvalue weighted by Crippen LogP contribution is -2.38. The van der Waals surface area contributed by atoms with Crippen molar-refractivity contribution < 1.29 is 13.5 Å². The summed E-state index contributed by atoms with van der Waals surface area (Å²) in [6.45, 7) is 0.311. The van der Waals surface area contributed by atoms with Gasteiger partial charge in [0.15, 0.2) is 0 Å². The van der Waals surface area contributed by atoms with Crippen LogP contribution in [0.25, 0.3) is 0 Å². The third-order valence-electron chi connectivity index (χ3n) is 3.04. The zero-order chi connectivity index (χ0) is 13.3.